The number of aliphatic imine (C=N–C) groups is 2. The lowest BCUT2D eigenvalue weighted by Gasteiger charge is -2.34. The number of nitrogens with zero attached hydrogens (tertiary/aromatic N) is 2. The quantitative estimate of drug-likeness (QED) is 0.0649. The fourth-order valence-electron chi connectivity index (χ4n) is 8.27. The lowest BCUT2D eigenvalue weighted by atomic mass is 9.95. The van der Waals surface area contributed by atoms with Crippen LogP contribution in [0.15, 0.2) is 9.98 Å². The van der Waals surface area contributed by atoms with Crippen LogP contribution in [0.1, 0.15) is 141 Å². The minimum absolute atomic E-state index is 0.598. The average molecular weight is 661 g/mol. The summed E-state index contributed by atoms with van der Waals surface area (Å²) in [5.74, 6) is 2.17. The maximum Gasteiger partial charge on any atom is 0.191 e. The Morgan fingerprint density at radius 3 is 1.00 bits per heavy atom. The molecule has 0 spiro atoms. The summed E-state index contributed by atoms with van der Waals surface area (Å²) < 4.78 is 7.04. The van der Waals surface area contributed by atoms with Gasteiger partial charge >= 0.3 is 0 Å². The summed E-state index contributed by atoms with van der Waals surface area (Å²) in [4.78, 5) is 10.2. The van der Waals surface area contributed by atoms with Gasteiger partial charge in [-0.25, -0.2) is 0 Å². The van der Waals surface area contributed by atoms with Crippen molar-refractivity contribution in [1.29, 1.82) is 0 Å². The number of nitrogens with one attached hydrogen (secondary N) is 4. The summed E-state index contributed by atoms with van der Waals surface area (Å²) in [6.45, 7) is 11.5. The molecule has 0 radical (unpaired) electrons. The second-order valence-corrected chi connectivity index (χ2v) is 25.1. The van der Waals surface area contributed by atoms with Gasteiger partial charge in [0, 0.05) is 37.3 Å². The Balaban J connectivity index is 1.20. The maximum absolute atomic E-state index is 7.04. The molecule has 0 amide bonds. The van der Waals surface area contributed by atoms with E-state index in [2.05, 4.69) is 47.5 Å². The molecule has 0 atom stereocenters. The average Bonchev–Trinajstić information content (AvgIpc) is 3.03. The van der Waals surface area contributed by atoms with Crippen LogP contribution in [0.5, 0.6) is 0 Å². The molecule has 0 aromatic heterocycles. The third-order valence-electron chi connectivity index (χ3n) is 10.8. The first-order chi connectivity index (χ1) is 21.8. The van der Waals surface area contributed by atoms with Crippen molar-refractivity contribution in [2.24, 2.45) is 9.98 Å². The van der Waals surface area contributed by atoms with Crippen LogP contribution in [-0.2, 0) is 4.12 Å². The van der Waals surface area contributed by atoms with Gasteiger partial charge in [-0.05, 0) is 102 Å². The third-order valence-corrected chi connectivity index (χ3v) is 18.3. The normalized spacial score (nSPS) is 21.6. The number of hydrogen-bond donors (Lipinski definition) is 4. The summed E-state index contributed by atoms with van der Waals surface area (Å²) in [5.41, 5.74) is 0. The summed E-state index contributed by atoms with van der Waals surface area (Å²) in [6, 6.07) is 4.77. The van der Waals surface area contributed by atoms with Crippen molar-refractivity contribution >= 4 is 28.6 Å². The SMILES string of the molecule is C[Si](C)(CCCN=C(NC1CCCCC1)NC1CCCCC1)O[Si](C)(C)CCCN=C(NC1CCCCC1)NC1CCCCC1. The predicted octanol–water partition coefficient (Wildman–Crippen LogP) is 8.59. The van der Waals surface area contributed by atoms with Crippen molar-refractivity contribution in [3.05, 3.63) is 0 Å². The van der Waals surface area contributed by atoms with Crippen molar-refractivity contribution < 1.29 is 4.12 Å². The highest BCUT2D eigenvalue weighted by Crippen LogP contribution is 2.25. The molecule has 0 bridgehead atoms. The lowest BCUT2D eigenvalue weighted by molar-refractivity contribution is 0.388. The van der Waals surface area contributed by atoms with Crippen LogP contribution in [0.25, 0.3) is 0 Å². The predicted molar refractivity (Wildman–Crippen MR) is 200 cm³/mol. The lowest BCUT2D eigenvalue weighted by Crippen LogP contribution is -2.48. The molecule has 9 heteroatoms. The van der Waals surface area contributed by atoms with Crippen LogP contribution in [-0.4, -0.2) is 65.8 Å². The van der Waals surface area contributed by atoms with Crippen molar-refractivity contribution in [2.75, 3.05) is 13.1 Å². The highest BCUT2D eigenvalue weighted by atomic mass is 28.4. The summed E-state index contributed by atoms with van der Waals surface area (Å²) in [5, 5.41) is 15.3. The van der Waals surface area contributed by atoms with Gasteiger partial charge in [0.15, 0.2) is 28.6 Å². The zero-order valence-electron chi connectivity index (χ0n) is 30.0. The Hall–Kier alpha value is -1.07. The van der Waals surface area contributed by atoms with Crippen LogP contribution in [0.4, 0.5) is 0 Å². The second kappa shape index (κ2) is 19.7. The summed E-state index contributed by atoms with van der Waals surface area (Å²) >= 11 is 0. The van der Waals surface area contributed by atoms with E-state index in [1.165, 1.54) is 141 Å². The van der Waals surface area contributed by atoms with E-state index in [9.17, 15) is 0 Å². The van der Waals surface area contributed by atoms with Gasteiger partial charge in [0.25, 0.3) is 0 Å². The largest absolute Gasteiger partial charge is 0.455 e. The molecule has 4 fully saturated rings. The molecule has 7 nitrogen and oxygen atoms in total. The molecule has 0 aliphatic heterocycles. The molecular formula is C36H72N6OSi2. The second-order valence-electron chi connectivity index (χ2n) is 16.2. The van der Waals surface area contributed by atoms with E-state index in [1.54, 1.807) is 0 Å². The van der Waals surface area contributed by atoms with E-state index in [0.717, 1.165) is 37.9 Å². The summed E-state index contributed by atoms with van der Waals surface area (Å²) in [7, 11) is -3.49. The molecule has 4 aliphatic carbocycles. The number of guanidine groups is 2. The molecule has 0 unspecified atom stereocenters. The first-order valence-electron chi connectivity index (χ1n) is 19.6. The Morgan fingerprint density at radius 1 is 0.467 bits per heavy atom. The van der Waals surface area contributed by atoms with E-state index < -0.39 is 16.6 Å². The zero-order chi connectivity index (χ0) is 31.8. The molecule has 4 saturated carbocycles. The molecule has 0 heterocycles. The summed E-state index contributed by atoms with van der Waals surface area (Å²) in [6.07, 6.45) is 29.0. The van der Waals surface area contributed by atoms with E-state index in [1.807, 2.05) is 0 Å². The van der Waals surface area contributed by atoms with Gasteiger partial charge in [-0.1, -0.05) is 77.0 Å². The molecule has 0 aromatic carbocycles. The van der Waals surface area contributed by atoms with Gasteiger partial charge in [0.2, 0.25) is 0 Å². The van der Waals surface area contributed by atoms with Crippen LogP contribution in [0.3, 0.4) is 0 Å². The maximum atomic E-state index is 7.04. The van der Waals surface area contributed by atoms with Gasteiger partial charge < -0.3 is 25.4 Å². The van der Waals surface area contributed by atoms with Gasteiger partial charge in [-0.3, -0.25) is 9.98 Å². The minimum atomic E-state index is -1.75. The van der Waals surface area contributed by atoms with Crippen LogP contribution < -0.4 is 21.3 Å². The number of rotatable bonds is 14. The van der Waals surface area contributed by atoms with Crippen molar-refractivity contribution in [3.8, 4) is 0 Å². The molecule has 0 saturated heterocycles. The smallest absolute Gasteiger partial charge is 0.191 e. The number of hydrogen-bond acceptors (Lipinski definition) is 3. The van der Waals surface area contributed by atoms with E-state index in [4.69, 9.17) is 14.1 Å². The molecule has 4 rings (SSSR count). The third kappa shape index (κ3) is 15.1. The van der Waals surface area contributed by atoms with Crippen LogP contribution in [0.2, 0.25) is 38.3 Å². The Bertz CT molecular complexity index is 759. The van der Waals surface area contributed by atoms with Crippen LogP contribution in [0, 0.1) is 0 Å². The fraction of sp³-hybridized carbons (Fsp3) is 0.944. The molecule has 4 N–H and O–H groups in total. The van der Waals surface area contributed by atoms with Crippen molar-refractivity contribution in [2.45, 2.75) is 204 Å². The molecule has 4 aliphatic rings. The van der Waals surface area contributed by atoms with Gasteiger partial charge in [-0.15, -0.1) is 0 Å². The van der Waals surface area contributed by atoms with Gasteiger partial charge in [-0.2, -0.15) is 0 Å². The zero-order valence-corrected chi connectivity index (χ0v) is 32.0. The van der Waals surface area contributed by atoms with E-state index in [0.29, 0.717) is 24.2 Å². The Kier molecular flexibility index (Phi) is 16.1. The highest BCUT2D eigenvalue weighted by molar-refractivity contribution is 6.84. The standard InChI is InChI=1S/C36H72N6OSi2/c1-44(2,29-17-27-37-35(39-31-19-9-5-10-20-31)40-32-21-11-6-12-22-32)43-45(3,4)30-18-28-38-36(41-33-23-13-7-14-24-33)42-34-25-15-8-16-26-34/h31-34H,5-30H2,1-4H3,(H2,37,39,40)(H2,38,41,42). The topological polar surface area (TPSA) is 82.1 Å². The first-order valence-corrected chi connectivity index (χ1v) is 25.8. The molecular weight excluding hydrogens is 589 g/mol. The van der Waals surface area contributed by atoms with E-state index in [-0.39, 0.29) is 0 Å². The Morgan fingerprint density at radius 2 is 0.733 bits per heavy atom. The van der Waals surface area contributed by atoms with Crippen molar-refractivity contribution in [1.82, 2.24) is 21.3 Å². The minimum Gasteiger partial charge on any atom is -0.455 e. The van der Waals surface area contributed by atoms with Crippen LogP contribution >= 0.6 is 0 Å². The molecule has 260 valence electrons. The Labute approximate surface area is 280 Å². The van der Waals surface area contributed by atoms with E-state index >= 15 is 0 Å². The molecule has 45 heavy (non-hydrogen) atoms. The first kappa shape index (κ1) is 36.8. The highest BCUT2D eigenvalue weighted by Gasteiger charge is 2.32. The molecule has 0 aromatic rings. The fourth-order valence-corrected chi connectivity index (χ4v) is 17.1. The van der Waals surface area contributed by atoms with Gasteiger partial charge in [0.1, 0.15) is 0 Å². The van der Waals surface area contributed by atoms with Crippen molar-refractivity contribution in [3.63, 3.8) is 0 Å². The van der Waals surface area contributed by atoms with Gasteiger partial charge in [0.05, 0.1) is 0 Å². The monoisotopic (exact) mass is 661 g/mol.